The average molecular weight is 302 g/mol. The van der Waals surface area contributed by atoms with Gasteiger partial charge < -0.3 is 10.3 Å². The van der Waals surface area contributed by atoms with Crippen molar-refractivity contribution in [1.82, 2.24) is 4.98 Å². The zero-order valence-electron chi connectivity index (χ0n) is 11.9. The third-order valence-electron chi connectivity index (χ3n) is 3.31. The van der Waals surface area contributed by atoms with E-state index in [-0.39, 0.29) is 13.8 Å². The number of aryl methyl sites for hydroxylation is 1. The maximum Gasteiger partial charge on any atom is 0.417 e. The first-order valence-electron chi connectivity index (χ1n) is 6.96. The highest BCUT2D eigenvalue weighted by atomic mass is 19.4. The lowest BCUT2D eigenvalue weighted by molar-refractivity contribution is -0.136. The van der Waals surface area contributed by atoms with Gasteiger partial charge in [0.25, 0.3) is 0 Å². The van der Waals surface area contributed by atoms with Crippen LogP contribution in [0, 0.1) is 0 Å². The summed E-state index contributed by atoms with van der Waals surface area (Å²) in [6.45, 7) is 4.79. The van der Waals surface area contributed by atoms with E-state index in [0.29, 0.717) is 6.07 Å². The number of hydrogen-bond donors (Lipinski definition) is 2. The highest BCUT2D eigenvalue weighted by Gasteiger charge is 2.33. The molecule has 2 N–H and O–H groups in total. The van der Waals surface area contributed by atoms with Crippen molar-refractivity contribution >= 4 is 16.6 Å². The SMILES string of the molecule is CC.O=c1cc(C(F)(F)F)c2cc3c(cc2[nH]1)NCCC3.[HH].[HH]. The van der Waals surface area contributed by atoms with Crippen LogP contribution in [0.1, 0.15) is 34.2 Å². The van der Waals surface area contributed by atoms with E-state index in [4.69, 9.17) is 0 Å². The molecule has 1 aliphatic rings. The molecule has 0 aliphatic carbocycles. The zero-order chi connectivity index (χ0) is 15.6. The summed E-state index contributed by atoms with van der Waals surface area (Å²) in [5.41, 5.74) is 0.258. The Labute approximate surface area is 123 Å². The van der Waals surface area contributed by atoms with Gasteiger partial charge in [-0.25, -0.2) is 0 Å². The molecule has 6 heteroatoms. The van der Waals surface area contributed by atoms with Crippen LogP contribution in [-0.2, 0) is 12.6 Å². The molecule has 1 aromatic carbocycles. The number of alkyl halides is 3. The second-order valence-electron chi connectivity index (χ2n) is 4.63. The minimum atomic E-state index is -4.52. The fourth-order valence-corrected chi connectivity index (χ4v) is 2.46. The van der Waals surface area contributed by atoms with Crippen LogP contribution in [0.25, 0.3) is 10.9 Å². The summed E-state index contributed by atoms with van der Waals surface area (Å²) in [5, 5.41) is 3.18. The van der Waals surface area contributed by atoms with Crippen molar-refractivity contribution in [2.24, 2.45) is 0 Å². The molecule has 0 fully saturated rings. The van der Waals surface area contributed by atoms with Gasteiger partial charge in [0.15, 0.2) is 0 Å². The van der Waals surface area contributed by atoms with Crippen LogP contribution in [0.4, 0.5) is 18.9 Å². The maximum absolute atomic E-state index is 13.0. The third kappa shape index (κ3) is 3.04. The quantitative estimate of drug-likeness (QED) is 0.756. The minimum absolute atomic E-state index is 0. The Morgan fingerprint density at radius 2 is 1.90 bits per heavy atom. The van der Waals surface area contributed by atoms with Gasteiger partial charge in [-0.2, -0.15) is 13.2 Å². The molecule has 0 amide bonds. The fourth-order valence-electron chi connectivity index (χ4n) is 2.46. The Kier molecular flexibility index (Phi) is 4.25. The van der Waals surface area contributed by atoms with Crippen LogP contribution >= 0.6 is 0 Å². The average Bonchev–Trinajstić information content (AvgIpc) is 2.45. The zero-order valence-corrected chi connectivity index (χ0v) is 11.9. The van der Waals surface area contributed by atoms with E-state index >= 15 is 0 Å². The van der Waals surface area contributed by atoms with Gasteiger partial charge in [0.05, 0.1) is 11.1 Å². The second kappa shape index (κ2) is 5.79. The monoisotopic (exact) mass is 302 g/mol. The lowest BCUT2D eigenvalue weighted by Gasteiger charge is -2.19. The molecule has 0 atom stereocenters. The van der Waals surface area contributed by atoms with Gasteiger partial charge in [-0.3, -0.25) is 4.79 Å². The Morgan fingerprint density at radius 1 is 1.19 bits per heavy atom. The van der Waals surface area contributed by atoms with Crippen LogP contribution in [0.15, 0.2) is 23.0 Å². The van der Waals surface area contributed by atoms with Crippen LogP contribution in [0.2, 0.25) is 0 Å². The molecule has 1 aliphatic heterocycles. The third-order valence-corrected chi connectivity index (χ3v) is 3.31. The Morgan fingerprint density at radius 3 is 2.57 bits per heavy atom. The predicted octanol–water partition coefficient (Wildman–Crippen LogP) is 4.42. The molecule has 0 saturated heterocycles. The van der Waals surface area contributed by atoms with Crippen molar-refractivity contribution in [3.8, 4) is 0 Å². The Hall–Kier alpha value is -1.98. The summed E-state index contributed by atoms with van der Waals surface area (Å²) < 4.78 is 38.9. The highest BCUT2D eigenvalue weighted by molar-refractivity contribution is 5.87. The van der Waals surface area contributed by atoms with Gasteiger partial charge in [0.2, 0.25) is 5.56 Å². The number of hydrogen-bond acceptors (Lipinski definition) is 2. The van der Waals surface area contributed by atoms with Crippen molar-refractivity contribution in [2.45, 2.75) is 32.9 Å². The highest BCUT2D eigenvalue weighted by Crippen LogP contribution is 2.35. The molecule has 0 saturated carbocycles. The molecule has 0 spiro atoms. The number of H-pyrrole nitrogens is 1. The number of benzene rings is 1. The first-order valence-corrected chi connectivity index (χ1v) is 6.96. The van der Waals surface area contributed by atoms with Crippen molar-refractivity contribution in [2.75, 3.05) is 11.9 Å². The minimum Gasteiger partial charge on any atom is -0.385 e. The van der Waals surface area contributed by atoms with E-state index in [1.165, 1.54) is 6.07 Å². The normalized spacial score (nSPS) is 14.0. The lowest BCUT2D eigenvalue weighted by Crippen LogP contribution is -2.16. The predicted molar refractivity (Wildman–Crippen MR) is 82.0 cm³/mol. The molecule has 3 nitrogen and oxygen atoms in total. The van der Waals surface area contributed by atoms with Crippen molar-refractivity contribution in [1.29, 1.82) is 0 Å². The first-order chi connectivity index (χ1) is 9.95. The van der Waals surface area contributed by atoms with E-state index in [2.05, 4.69) is 10.3 Å². The molecule has 2 heterocycles. The van der Waals surface area contributed by atoms with E-state index in [9.17, 15) is 18.0 Å². The maximum atomic E-state index is 13.0. The molecule has 0 unspecified atom stereocenters. The van der Waals surface area contributed by atoms with Crippen molar-refractivity contribution < 1.29 is 16.0 Å². The fraction of sp³-hybridized carbons (Fsp3) is 0.400. The van der Waals surface area contributed by atoms with Crippen LogP contribution in [-0.4, -0.2) is 11.5 Å². The standard InChI is InChI=1S/C13H11F3N2O.C2H6.2H2/c14-13(15,16)9-5-12(19)18-11-6-10-7(4-8(9)11)2-1-3-17-10;1-2;;/h4-6,17H,1-3H2,(H,18,19);1-2H3;2*1H. The Bertz CT molecular complexity index is 714. The number of anilines is 1. The lowest BCUT2D eigenvalue weighted by atomic mass is 9.98. The summed E-state index contributed by atoms with van der Waals surface area (Å²) >= 11 is 0. The molecule has 3 rings (SSSR count). The molecule has 0 bridgehead atoms. The van der Waals surface area contributed by atoms with E-state index in [1.807, 2.05) is 13.8 Å². The summed E-state index contributed by atoms with van der Waals surface area (Å²) in [5.74, 6) is 0. The summed E-state index contributed by atoms with van der Waals surface area (Å²) in [6, 6.07) is 3.72. The summed E-state index contributed by atoms with van der Waals surface area (Å²) in [6.07, 6.45) is -2.89. The molecule has 2 aromatic rings. The summed E-state index contributed by atoms with van der Waals surface area (Å²) in [7, 11) is 0. The molecule has 118 valence electrons. The van der Waals surface area contributed by atoms with Crippen molar-refractivity contribution in [3.05, 3.63) is 39.7 Å². The summed E-state index contributed by atoms with van der Waals surface area (Å²) in [4.78, 5) is 13.8. The van der Waals surface area contributed by atoms with E-state index < -0.39 is 17.3 Å². The van der Waals surface area contributed by atoms with Crippen LogP contribution < -0.4 is 10.9 Å². The van der Waals surface area contributed by atoms with Gasteiger partial charge in [0.1, 0.15) is 0 Å². The number of pyridine rings is 1. The van der Waals surface area contributed by atoms with Gasteiger partial charge in [0, 0.05) is 26.5 Å². The van der Waals surface area contributed by atoms with Gasteiger partial charge in [-0.05, 0) is 30.5 Å². The van der Waals surface area contributed by atoms with E-state index in [0.717, 1.165) is 30.6 Å². The van der Waals surface area contributed by atoms with Crippen molar-refractivity contribution in [3.63, 3.8) is 0 Å². The Balaban J connectivity index is 0.00000117. The van der Waals surface area contributed by atoms with Crippen LogP contribution in [0.5, 0.6) is 0 Å². The number of halogens is 3. The molecule has 21 heavy (non-hydrogen) atoms. The molecular formula is C15H21F3N2O. The number of aromatic nitrogens is 1. The topological polar surface area (TPSA) is 44.9 Å². The van der Waals surface area contributed by atoms with Gasteiger partial charge in [-0.1, -0.05) is 13.8 Å². The number of fused-ring (bicyclic) bond motifs is 2. The number of aromatic amines is 1. The van der Waals surface area contributed by atoms with E-state index in [1.54, 1.807) is 6.07 Å². The second-order valence-corrected chi connectivity index (χ2v) is 4.63. The van der Waals surface area contributed by atoms with Gasteiger partial charge in [-0.15, -0.1) is 0 Å². The molecule has 0 radical (unpaired) electrons. The first kappa shape index (κ1) is 15.4. The van der Waals surface area contributed by atoms with Crippen LogP contribution in [0.3, 0.4) is 0 Å². The largest absolute Gasteiger partial charge is 0.417 e. The molecule has 1 aromatic heterocycles. The number of rotatable bonds is 0. The van der Waals surface area contributed by atoms with Gasteiger partial charge >= 0.3 is 6.18 Å². The smallest absolute Gasteiger partial charge is 0.385 e. The number of nitrogens with one attached hydrogen (secondary N) is 2. The molecular weight excluding hydrogens is 281 g/mol.